The second-order valence-electron chi connectivity index (χ2n) is 8.77. The van der Waals surface area contributed by atoms with E-state index in [1.165, 1.54) is 0 Å². The fraction of sp³-hybridized carbons (Fsp3) is 0.200. The van der Waals surface area contributed by atoms with Gasteiger partial charge in [0, 0.05) is 33.8 Å². The largest absolute Gasteiger partial charge is 0.252 e. The number of aromatic nitrogens is 4. The first-order valence-electron chi connectivity index (χ1n) is 9.90. The summed E-state index contributed by atoms with van der Waals surface area (Å²) in [6, 6.07) is 8.29. The van der Waals surface area contributed by atoms with Crippen molar-refractivity contribution in [2.24, 2.45) is 0 Å². The molecule has 0 radical (unpaired) electrons. The highest BCUT2D eigenvalue weighted by molar-refractivity contribution is 6.27. The van der Waals surface area contributed by atoms with Gasteiger partial charge in [0.15, 0.2) is 11.4 Å². The summed E-state index contributed by atoms with van der Waals surface area (Å²) in [7, 11) is 0. The van der Waals surface area contributed by atoms with E-state index in [2.05, 4.69) is 59.4 Å². The molecule has 5 aromatic rings. The van der Waals surface area contributed by atoms with Gasteiger partial charge in [0.05, 0.1) is 22.1 Å². The average molecular weight is 402 g/mol. The zero-order valence-corrected chi connectivity index (χ0v) is 17.7. The van der Waals surface area contributed by atoms with Crippen LogP contribution in [0.1, 0.15) is 43.3 Å². The van der Waals surface area contributed by atoms with Crippen LogP contribution in [0.25, 0.3) is 50.2 Å². The van der Waals surface area contributed by atoms with Gasteiger partial charge in [0.1, 0.15) is 12.1 Å². The van der Waals surface area contributed by atoms with Crippen LogP contribution in [-0.2, 0) is 5.41 Å². The van der Waals surface area contributed by atoms with Crippen LogP contribution in [-0.4, -0.2) is 19.9 Å². The van der Waals surface area contributed by atoms with Gasteiger partial charge in [-0.25, -0.2) is 9.97 Å². The molecule has 0 spiro atoms. The molecule has 0 saturated carbocycles. The van der Waals surface area contributed by atoms with Gasteiger partial charge in [-0.2, -0.15) is 10.5 Å². The van der Waals surface area contributed by atoms with Crippen molar-refractivity contribution in [3.63, 3.8) is 0 Å². The molecule has 5 rings (SSSR count). The third kappa shape index (κ3) is 2.49. The van der Waals surface area contributed by atoms with Crippen LogP contribution < -0.4 is 5.22 Å². The highest BCUT2D eigenvalue weighted by atomic mass is 14.8. The van der Waals surface area contributed by atoms with Crippen LogP contribution >= 0.6 is 0 Å². The van der Waals surface area contributed by atoms with Gasteiger partial charge in [-0.1, -0.05) is 27.4 Å². The van der Waals surface area contributed by atoms with Crippen molar-refractivity contribution in [2.75, 3.05) is 0 Å². The Morgan fingerprint density at radius 2 is 1.35 bits per heavy atom. The lowest BCUT2D eigenvalue weighted by Gasteiger charge is -2.22. The Kier molecular flexibility index (Phi) is 3.75. The molecule has 0 N–H and O–H groups in total. The molecule has 0 aliphatic carbocycles. The van der Waals surface area contributed by atoms with Gasteiger partial charge in [-0.3, -0.25) is 9.97 Å². The molecule has 0 amide bonds. The number of benzene rings is 3. The molecular formula is C25H18N6. The first-order valence-corrected chi connectivity index (χ1v) is 9.90. The summed E-state index contributed by atoms with van der Waals surface area (Å²) in [4.78, 5) is 18.3. The van der Waals surface area contributed by atoms with E-state index in [4.69, 9.17) is 0 Å². The molecule has 0 aliphatic heterocycles. The van der Waals surface area contributed by atoms with Crippen molar-refractivity contribution in [3.05, 3.63) is 52.3 Å². The predicted molar refractivity (Wildman–Crippen MR) is 121 cm³/mol. The topological polar surface area (TPSA) is 99.1 Å². The Hall–Kier alpha value is -4.16. The Labute approximate surface area is 178 Å². The van der Waals surface area contributed by atoms with Crippen LogP contribution in [0.2, 0.25) is 0 Å². The number of hydrogen-bond donors (Lipinski definition) is 0. The third-order valence-electron chi connectivity index (χ3n) is 5.89. The second kappa shape index (κ2) is 6.17. The molecule has 31 heavy (non-hydrogen) atoms. The Balaban J connectivity index is 2.21. The van der Waals surface area contributed by atoms with Gasteiger partial charge < -0.3 is 0 Å². The first kappa shape index (κ1) is 18.8. The summed E-state index contributed by atoms with van der Waals surface area (Å²) < 4.78 is 0. The van der Waals surface area contributed by atoms with Crippen molar-refractivity contribution >= 4 is 50.2 Å². The number of aryl methyl sites for hydroxylation is 1. The van der Waals surface area contributed by atoms with Crippen molar-refractivity contribution in [3.8, 4) is 12.1 Å². The fourth-order valence-corrected chi connectivity index (χ4v) is 4.32. The van der Waals surface area contributed by atoms with Gasteiger partial charge in [0.25, 0.3) is 0 Å². The predicted octanol–water partition coefficient (Wildman–Crippen LogP) is 4.36. The smallest absolute Gasteiger partial charge is 0.177 e. The third-order valence-corrected chi connectivity index (χ3v) is 5.89. The molecular weight excluding hydrogens is 384 g/mol. The van der Waals surface area contributed by atoms with E-state index in [1.807, 2.05) is 19.1 Å². The van der Waals surface area contributed by atoms with E-state index in [-0.39, 0.29) is 16.8 Å². The molecule has 0 saturated heterocycles. The lowest BCUT2D eigenvalue weighted by atomic mass is 9.82. The highest BCUT2D eigenvalue weighted by Gasteiger charge is 2.23. The van der Waals surface area contributed by atoms with Gasteiger partial charge in [-0.15, -0.1) is 0 Å². The highest BCUT2D eigenvalue weighted by Crippen LogP contribution is 2.39. The maximum Gasteiger partial charge on any atom is 0.177 e. The standard InChI is InChI=1S/C25H18N6/c1-12-19-13(2)22-24(31-18(11-27)17(10-26)30-22)16-9-14(25(3,4)5)8-15(20(16)19)23-21(12)28-6-7-29-23/h6-9H,1H2,2-5H3. The normalized spacial score (nSPS) is 11.9. The molecule has 0 unspecified atom stereocenters. The summed E-state index contributed by atoms with van der Waals surface area (Å²) in [5.41, 5.74) is 4.64. The molecule has 0 atom stereocenters. The molecule has 2 aromatic heterocycles. The van der Waals surface area contributed by atoms with Crippen molar-refractivity contribution < 1.29 is 0 Å². The van der Waals surface area contributed by atoms with Crippen LogP contribution in [0.15, 0.2) is 24.5 Å². The summed E-state index contributed by atoms with van der Waals surface area (Å²) in [5, 5.41) is 23.6. The number of fused-ring (bicyclic) bond motifs is 4. The maximum atomic E-state index is 9.54. The van der Waals surface area contributed by atoms with E-state index in [0.717, 1.165) is 48.9 Å². The lowest BCUT2D eigenvalue weighted by Crippen LogP contribution is -2.13. The van der Waals surface area contributed by atoms with E-state index < -0.39 is 0 Å². The minimum absolute atomic E-state index is 0.0264. The Bertz CT molecular complexity index is 1710. The molecule has 0 bridgehead atoms. The summed E-state index contributed by atoms with van der Waals surface area (Å²) in [6.07, 6.45) is 3.36. The van der Waals surface area contributed by atoms with Gasteiger partial charge in [0.2, 0.25) is 0 Å². The van der Waals surface area contributed by atoms with E-state index in [0.29, 0.717) is 11.0 Å². The quantitative estimate of drug-likeness (QED) is 0.282. The summed E-state index contributed by atoms with van der Waals surface area (Å²) >= 11 is 0. The summed E-state index contributed by atoms with van der Waals surface area (Å²) in [6.45, 7) is 12.7. The molecule has 6 nitrogen and oxygen atoms in total. The molecule has 3 aromatic carbocycles. The number of hydrogen-bond acceptors (Lipinski definition) is 6. The number of rotatable bonds is 0. The SMILES string of the molecule is C=c1c2nccnc2c2cc(C(C)(C)C)cc3c4nc(C#N)c(C#N)nc4c(C)c1c32. The van der Waals surface area contributed by atoms with Gasteiger partial charge >= 0.3 is 0 Å². The Morgan fingerprint density at radius 3 is 1.94 bits per heavy atom. The number of nitrogens with zero attached hydrogens (tertiary/aromatic N) is 6. The van der Waals surface area contributed by atoms with Crippen molar-refractivity contribution in [2.45, 2.75) is 33.1 Å². The van der Waals surface area contributed by atoms with Crippen LogP contribution in [0.4, 0.5) is 0 Å². The molecule has 6 heteroatoms. The lowest BCUT2D eigenvalue weighted by molar-refractivity contribution is 0.592. The van der Waals surface area contributed by atoms with Crippen LogP contribution in [0, 0.1) is 29.6 Å². The molecule has 148 valence electrons. The first-order chi connectivity index (χ1) is 14.8. The zero-order chi connectivity index (χ0) is 22.1. The van der Waals surface area contributed by atoms with E-state index in [1.54, 1.807) is 12.4 Å². The minimum atomic E-state index is -0.128. The van der Waals surface area contributed by atoms with E-state index >= 15 is 0 Å². The van der Waals surface area contributed by atoms with Crippen molar-refractivity contribution in [1.82, 2.24) is 19.9 Å². The monoisotopic (exact) mass is 402 g/mol. The maximum absolute atomic E-state index is 9.54. The van der Waals surface area contributed by atoms with Gasteiger partial charge in [-0.05, 0) is 41.0 Å². The zero-order valence-electron chi connectivity index (χ0n) is 17.7. The van der Waals surface area contributed by atoms with Crippen LogP contribution in [0.3, 0.4) is 0 Å². The Morgan fingerprint density at radius 1 is 0.806 bits per heavy atom. The molecule has 0 aliphatic rings. The number of nitriles is 2. The average Bonchev–Trinajstić information content (AvgIpc) is 2.76. The molecule has 0 fully saturated rings. The minimum Gasteiger partial charge on any atom is -0.252 e. The second-order valence-corrected chi connectivity index (χ2v) is 8.77. The summed E-state index contributed by atoms with van der Waals surface area (Å²) in [5.74, 6) is 0. The fourth-order valence-electron chi connectivity index (χ4n) is 4.32. The van der Waals surface area contributed by atoms with Crippen molar-refractivity contribution in [1.29, 1.82) is 10.5 Å². The molecule has 2 heterocycles. The van der Waals surface area contributed by atoms with Crippen LogP contribution in [0.5, 0.6) is 0 Å². The van der Waals surface area contributed by atoms with E-state index in [9.17, 15) is 10.5 Å².